The molecule has 0 amide bonds. The monoisotopic (exact) mass is 285 g/mol. The Morgan fingerprint density at radius 3 is 2.92 bits per heavy atom. The molecule has 0 aliphatic rings. The molecule has 2 nitrogen and oxygen atoms in total. The van der Waals surface area contributed by atoms with Crippen molar-refractivity contribution in [2.24, 2.45) is 0 Å². The number of hydrogen-bond donors (Lipinski definition) is 1. The Morgan fingerprint density at radius 1 is 1.38 bits per heavy atom. The van der Waals surface area contributed by atoms with Gasteiger partial charge in [-0.3, -0.25) is 4.79 Å². The number of aromatic nitrogens is 1. The number of pyridine rings is 1. The third kappa shape index (κ3) is 1.48. The van der Waals surface area contributed by atoms with Gasteiger partial charge in [0, 0.05) is 17.1 Å². The standard InChI is InChI=1S/C10H8INO/c1-6-2-3-7-9(4-6)12-5-8(11)10(7)13/h2-5H,1H3,(H,12,13). The van der Waals surface area contributed by atoms with Crippen LogP contribution in [0.3, 0.4) is 0 Å². The van der Waals surface area contributed by atoms with E-state index >= 15 is 0 Å². The molecule has 0 bridgehead atoms. The van der Waals surface area contributed by atoms with Gasteiger partial charge in [0.1, 0.15) is 0 Å². The van der Waals surface area contributed by atoms with Crippen LogP contribution in [0.1, 0.15) is 5.56 Å². The third-order valence-electron chi connectivity index (χ3n) is 1.99. The summed E-state index contributed by atoms with van der Waals surface area (Å²) in [6.07, 6.45) is 1.74. The Bertz CT molecular complexity index is 516. The van der Waals surface area contributed by atoms with Crippen LogP contribution in [0.15, 0.2) is 29.2 Å². The van der Waals surface area contributed by atoms with E-state index in [9.17, 15) is 4.79 Å². The molecule has 0 radical (unpaired) electrons. The maximum atomic E-state index is 11.6. The topological polar surface area (TPSA) is 32.9 Å². The van der Waals surface area contributed by atoms with Gasteiger partial charge in [0.2, 0.25) is 5.43 Å². The van der Waals surface area contributed by atoms with Gasteiger partial charge in [0.25, 0.3) is 0 Å². The van der Waals surface area contributed by atoms with E-state index < -0.39 is 0 Å². The third-order valence-corrected chi connectivity index (χ3v) is 2.79. The van der Waals surface area contributed by atoms with Crippen LogP contribution in [0.25, 0.3) is 10.9 Å². The zero-order chi connectivity index (χ0) is 9.42. The summed E-state index contributed by atoms with van der Waals surface area (Å²) in [4.78, 5) is 14.7. The molecule has 2 rings (SSSR count). The summed E-state index contributed by atoms with van der Waals surface area (Å²) in [6.45, 7) is 2.01. The lowest BCUT2D eigenvalue weighted by molar-refractivity contribution is 1.34. The summed E-state index contributed by atoms with van der Waals surface area (Å²) < 4.78 is 0.731. The second kappa shape index (κ2) is 3.14. The molecule has 1 aromatic carbocycles. The van der Waals surface area contributed by atoms with Gasteiger partial charge in [-0.05, 0) is 47.2 Å². The van der Waals surface area contributed by atoms with Crippen LogP contribution in [0.4, 0.5) is 0 Å². The van der Waals surface area contributed by atoms with Crippen LogP contribution < -0.4 is 5.43 Å². The van der Waals surface area contributed by atoms with E-state index in [1.165, 1.54) is 0 Å². The molecule has 3 heteroatoms. The molecule has 0 fully saturated rings. The first kappa shape index (κ1) is 8.74. The van der Waals surface area contributed by atoms with Crippen LogP contribution in [0.2, 0.25) is 0 Å². The number of rotatable bonds is 0. The Kier molecular flexibility index (Phi) is 2.11. The number of aromatic amines is 1. The molecule has 0 unspecified atom stereocenters. The van der Waals surface area contributed by atoms with E-state index in [-0.39, 0.29) is 5.43 Å². The molecule has 1 heterocycles. The fraction of sp³-hybridized carbons (Fsp3) is 0.100. The molecule has 1 aromatic heterocycles. The zero-order valence-corrected chi connectivity index (χ0v) is 9.25. The van der Waals surface area contributed by atoms with E-state index in [1.807, 2.05) is 47.7 Å². The highest BCUT2D eigenvalue weighted by molar-refractivity contribution is 14.1. The minimum absolute atomic E-state index is 0.106. The number of H-pyrrole nitrogens is 1. The van der Waals surface area contributed by atoms with E-state index in [1.54, 1.807) is 6.20 Å². The first-order chi connectivity index (χ1) is 6.18. The fourth-order valence-electron chi connectivity index (χ4n) is 1.31. The van der Waals surface area contributed by atoms with Crippen LogP contribution in [-0.4, -0.2) is 4.98 Å². The molecule has 0 saturated carbocycles. The highest BCUT2D eigenvalue weighted by atomic mass is 127. The van der Waals surface area contributed by atoms with Crippen molar-refractivity contribution < 1.29 is 0 Å². The highest BCUT2D eigenvalue weighted by Crippen LogP contribution is 2.10. The van der Waals surface area contributed by atoms with Crippen molar-refractivity contribution in [1.29, 1.82) is 0 Å². The van der Waals surface area contributed by atoms with Crippen molar-refractivity contribution in [3.8, 4) is 0 Å². The molecule has 0 spiro atoms. The van der Waals surface area contributed by atoms with Gasteiger partial charge in [0.15, 0.2) is 0 Å². The fourth-order valence-corrected chi connectivity index (χ4v) is 1.76. The maximum absolute atomic E-state index is 11.6. The Morgan fingerprint density at radius 2 is 2.15 bits per heavy atom. The highest BCUT2D eigenvalue weighted by Gasteiger charge is 2.01. The quantitative estimate of drug-likeness (QED) is 0.741. The Balaban J connectivity index is 2.95. The number of benzene rings is 1. The average molecular weight is 285 g/mol. The summed E-state index contributed by atoms with van der Waals surface area (Å²) in [6, 6.07) is 5.80. The minimum Gasteiger partial charge on any atom is -0.360 e. The summed E-state index contributed by atoms with van der Waals surface area (Å²) in [5.41, 5.74) is 2.17. The average Bonchev–Trinajstić information content (AvgIpc) is 2.12. The van der Waals surface area contributed by atoms with E-state index in [4.69, 9.17) is 0 Å². The molecule has 1 N–H and O–H groups in total. The molecule has 66 valence electrons. The lowest BCUT2D eigenvalue weighted by Gasteiger charge is -1.99. The minimum atomic E-state index is 0.106. The van der Waals surface area contributed by atoms with Gasteiger partial charge in [0.05, 0.1) is 3.57 Å². The van der Waals surface area contributed by atoms with Gasteiger partial charge < -0.3 is 4.98 Å². The van der Waals surface area contributed by atoms with Gasteiger partial charge >= 0.3 is 0 Å². The first-order valence-corrected chi connectivity index (χ1v) is 5.04. The van der Waals surface area contributed by atoms with Crippen molar-refractivity contribution >= 4 is 33.5 Å². The summed E-state index contributed by atoms with van der Waals surface area (Å²) in [7, 11) is 0. The van der Waals surface area contributed by atoms with Crippen molar-refractivity contribution in [3.05, 3.63) is 43.8 Å². The lowest BCUT2D eigenvalue weighted by atomic mass is 10.1. The molecule has 13 heavy (non-hydrogen) atoms. The molecule has 0 saturated heterocycles. The first-order valence-electron chi connectivity index (χ1n) is 3.96. The van der Waals surface area contributed by atoms with Gasteiger partial charge in [-0.15, -0.1) is 0 Å². The predicted octanol–water partition coefficient (Wildman–Crippen LogP) is 2.44. The molecular weight excluding hydrogens is 277 g/mol. The zero-order valence-electron chi connectivity index (χ0n) is 7.10. The van der Waals surface area contributed by atoms with Gasteiger partial charge in [-0.25, -0.2) is 0 Å². The number of hydrogen-bond acceptors (Lipinski definition) is 1. The van der Waals surface area contributed by atoms with Gasteiger partial charge in [-0.2, -0.15) is 0 Å². The number of nitrogens with one attached hydrogen (secondary N) is 1. The summed E-state index contributed by atoms with van der Waals surface area (Å²) in [5.74, 6) is 0. The van der Waals surface area contributed by atoms with Crippen molar-refractivity contribution in [1.82, 2.24) is 4.98 Å². The van der Waals surface area contributed by atoms with E-state index in [0.29, 0.717) is 0 Å². The largest absolute Gasteiger partial charge is 0.360 e. The number of halogens is 1. The molecule has 2 aromatic rings. The van der Waals surface area contributed by atoms with E-state index in [0.717, 1.165) is 20.0 Å². The van der Waals surface area contributed by atoms with Crippen molar-refractivity contribution in [3.63, 3.8) is 0 Å². The van der Waals surface area contributed by atoms with Gasteiger partial charge in [-0.1, -0.05) is 6.07 Å². The summed E-state index contributed by atoms with van der Waals surface area (Å²) in [5, 5.41) is 0.762. The van der Waals surface area contributed by atoms with Crippen LogP contribution >= 0.6 is 22.6 Å². The Labute approximate surface area is 89.1 Å². The molecule has 0 atom stereocenters. The maximum Gasteiger partial charge on any atom is 0.202 e. The van der Waals surface area contributed by atoms with Crippen LogP contribution in [-0.2, 0) is 0 Å². The molecule has 0 aliphatic carbocycles. The van der Waals surface area contributed by atoms with Crippen molar-refractivity contribution in [2.75, 3.05) is 0 Å². The smallest absolute Gasteiger partial charge is 0.202 e. The normalized spacial score (nSPS) is 10.6. The predicted molar refractivity (Wildman–Crippen MR) is 62.0 cm³/mol. The number of fused-ring (bicyclic) bond motifs is 1. The second-order valence-electron chi connectivity index (χ2n) is 3.01. The van der Waals surface area contributed by atoms with Crippen LogP contribution in [0, 0.1) is 10.5 Å². The molecular formula is C10H8INO. The second-order valence-corrected chi connectivity index (χ2v) is 4.18. The summed E-state index contributed by atoms with van der Waals surface area (Å²) >= 11 is 2.04. The Hall–Kier alpha value is -0.840. The molecule has 0 aliphatic heterocycles. The van der Waals surface area contributed by atoms with E-state index in [2.05, 4.69) is 4.98 Å². The van der Waals surface area contributed by atoms with Crippen LogP contribution in [0.5, 0.6) is 0 Å². The SMILES string of the molecule is Cc1ccc2c(=O)c(I)c[nH]c2c1. The van der Waals surface area contributed by atoms with Crippen molar-refractivity contribution in [2.45, 2.75) is 6.92 Å². The lowest BCUT2D eigenvalue weighted by Crippen LogP contribution is -2.05. The number of aryl methyl sites for hydroxylation is 1.